The zero-order valence-electron chi connectivity index (χ0n) is 13.5. The summed E-state index contributed by atoms with van der Waals surface area (Å²) >= 11 is 0. The lowest BCUT2D eigenvalue weighted by Gasteiger charge is -2.23. The van der Waals surface area contributed by atoms with Gasteiger partial charge in [-0.15, -0.1) is 0 Å². The van der Waals surface area contributed by atoms with E-state index < -0.39 is 27.8 Å². The highest BCUT2D eigenvalue weighted by Crippen LogP contribution is 2.48. The summed E-state index contributed by atoms with van der Waals surface area (Å²) in [5.41, 5.74) is 0.857. The van der Waals surface area contributed by atoms with Gasteiger partial charge in [-0.25, -0.2) is 13.6 Å². The molecule has 2 aliphatic rings. The summed E-state index contributed by atoms with van der Waals surface area (Å²) in [5, 5.41) is 17.2. The number of primary sulfonamides is 1. The van der Waals surface area contributed by atoms with Crippen molar-refractivity contribution in [3.8, 4) is 0 Å². The molecule has 4 unspecified atom stereocenters. The Bertz CT molecular complexity index is 816. The fourth-order valence-corrected chi connectivity index (χ4v) is 4.33. The van der Waals surface area contributed by atoms with Gasteiger partial charge in [0.1, 0.15) is 0 Å². The van der Waals surface area contributed by atoms with Gasteiger partial charge >= 0.3 is 5.97 Å². The minimum atomic E-state index is -3.72. The van der Waals surface area contributed by atoms with Crippen molar-refractivity contribution in [2.45, 2.75) is 17.7 Å². The first-order valence-corrected chi connectivity index (χ1v) is 9.62. The van der Waals surface area contributed by atoms with Crippen molar-refractivity contribution in [1.82, 2.24) is 5.32 Å². The van der Waals surface area contributed by atoms with Crippen LogP contribution in [-0.2, 0) is 26.0 Å². The van der Waals surface area contributed by atoms with E-state index in [9.17, 15) is 23.1 Å². The molecule has 7 nitrogen and oxygen atoms in total. The molecule has 0 spiro atoms. The quantitative estimate of drug-likeness (QED) is 0.634. The number of carboxylic acid groups (broad SMARTS) is 1. The molecule has 0 aliphatic heterocycles. The number of carboxylic acids is 1. The second-order valence-electron chi connectivity index (χ2n) is 6.57. The van der Waals surface area contributed by atoms with Crippen molar-refractivity contribution in [3.63, 3.8) is 0 Å². The molecule has 4 atom stereocenters. The fraction of sp³-hybridized carbons (Fsp3) is 0.412. The molecule has 3 rings (SSSR count). The largest absolute Gasteiger partial charge is 0.481 e. The SMILES string of the molecule is NS(=O)(=O)c1ccc(CCNC(=O)C2C3C=CC(C3)C2C(=O)O)cc1. The number of benzene rings is 1. The number of hydrogen-bond donors (Lipinski definition) is 3. The second-order valence-corrected chi connectivity index (χ2v) is 8.13. The van der Waals surface area contributed by atoms with Crippen molar-refractivity contribution in [1.29, 1.82) is 0 Å². The number of rotatable bonds is 6. The van der Waals surface area contributed by atoms with Crippen molar-refractivity contribution in [2.24, 2.45) is 28.8 Å². The minimum Gasteiger partial charge on any atom is -0.481 e. The van der Waals surface area contributed by atoms with E-state index in [1.165, 1.54) is 12.1 Å². The molecule has 1 amide bonds. The number of nitrogens with two attached hydrogens (primary N) is 1. The number of fused-ring (bicyclic) bond motifs is 2. The van der Waals surface area contributed by atoms with Crippen LogP contribution >= 0.6 is 0 Å². The lowest BCUT2D eigenvalue weighted by molar-refractivity contribution is -0.147. The molecule has 4 N–H and O–H groups in total. The van der Waals surface area contributed by atoms with Crippen LogP contribution < -0.4 is 10.5 Å². The summed E-state index contributed by atoms with van der Waals surface area (Å²) in [6, 6.07) is 6.14. The molecule has 1 fully saturated rings. The van der Waals surface area contributed by atoms with Crippen LogP contribution in [0.5, 0.6) is 0 Å². The molecule has 0 radical (unpaired) electrons. The van der Waals surface area contributed by atoms with Gasteiger partial charge in [0.15, 0.2) is 0 Å². The van der Waals surface area contributed by atoms with Gasteiger partial charge in [0.25, 0.3) is 0 Å². The Labute approximate surface area is 146 Å². The smallest absolute Gasteiger partial charge is 0.307 e. The molecule has 0 saturated heterocycles. The van der Waals surface area contributed by atoms with E-state index in [1.54, 1.807) is 12.1 Å². The second kappa shape index (κ2) is 6.61. The van der Waals surface area contributed by atoms with Crippen LogP contribution in [0, 0.1) is 23.7 Å². The summed E-state index contributed by atoms with van der Waals surface area (Å²) in [6.07, 6.45) is 5.09. The third-order valence-corrected chi connectivity index (χ3v) is 5.94. The van der Waals surface area contributed by atoms with E-state index in [2.05, 4.69) is 5.32 Å². The molecular formula is C17H20N2O5S. The summed E-state index contributed by atoms with van der Waals surface area (Å²) in [4.78, 5) is 23.9. The van der Waals surface area contributed by atoms with E-state index in [1.807, 2.05) is 12.2 Å². The maximum absolute atomic E-state index is 12.4. The third-order valence-electron chi connectivity index (χ3n) is 5.01. The molecule has 0 aromatic heterocycles. The standard InChI is InChI=1S/C17H20N2O5S/c18-25(23,24)13-5-1-10(2-6-13)7-8-19-16(20)14-11-3-4-12(9-11)15(14)17(21)22/h1-6,11-12,14-15H,7-9H2,(H,19,20)(H,21,22)(H2,18,23,24). The molecule has 1 aromatic rings. The molecule has 1 aromatic carbocycles. The van der Waals surface area contributed by atoms with Gasteiger partial charge in [0, 0.05) is 6.54 Å². The molecule has 1 saturated carbocycles. The molecule has 25 heavy (non-hydrogen) atoms. The van der Waals surface area contributed by atoms with E-state index >= 15 is 0 Å². The summed E-state index contributed by atoms with van der Waals surface area (Å²) in [6.45, 7) is 0.359. The zero-order chi connectivity index (χ0) is 18.2. The molecule has 134 valence electrons. The first-order valence-electron chi connectivity index (χ1n) is 8.08. The Kier molecular flexibility index (Phi) is 4.66. The van der Waals surface area contributed by atoms with E-state index in [0.29, 0.717) is 13.0 Å². The number of hydrogen-bond acceptors (Lipinski definition) is 4. The van der Waals surface area contributed by atoms with Crippen molar-refractivity contribution in [3.05, 3.63) is 42.0 Å². The number of aliphatic carboxylic acids is 1. The maximum atomic E-state index is 12.4. The van der Waals surface area contributed by atoms with Gasteiger partial charge in [0.05, 0.1) is 16.7 Å². The predicted octanol–water partition coefficient (Wildman–Crippen LogP) is 0.516. The van der Waals surface area contributed by atoms with Gasteiger partial charge in [-0.1, -0.05) is 24.3 Å². The van der Waals surface area contributed by atoms with Crippen LogP contribution in [0.1, 0.15) is 12.0 Å². The number of carbonyl (C=O) groups excluding carboxylic acids is 1. The number of sulfonamides is 1. The summed E-state index contributed by atoms with van der Waals surface area (Å²) < 4.78 is 22.4. The number of carbonyl (C=O) groups is 2. The normalized spacial score (nSPS) is 27.4. The van der Waals surface area contributed by atoms with Gasteiger partial charge in [0.2, 0.25) is 15.9 Å². The van der Waals surface area contributed by atoms with E-state index in [4.69, 9.17) is 5.14 Å². The Hall–Kier alpha value is -2.19. The highest BCUT2D eigenvalue weighted by Gasteiger charge is 2.51. The lowest BCUT2D eigenvalue weighted by atomic mass is 9.82. The van der Waals surface area contributed by atoms with Crippen LogP contribution in [0.4, 0.5) is 0 Å². The van der Waals surface area contributed by atoms with Crippen LogP contribution in [-0.4, -0.2) is 31.9 Å². The van der Waals surface area contributed by atoms with E-state index in [-0.39, 0.29) is 22.6 Å². The Morgan fingerprint density at radius 1 is 1.12 bits per heavy atom. The molecule has 2 aliphatic carbocycles. The van der Waals surface area contributed by atoms with Crippen LogP contribution in [0.2, 0.25) is 0 Å². The van der Waals surface area contributed by atoms with Gasteiger partial charge in [-0.05, 0) is 42.4 Å². The third kappa shape index (κ3) is 3.59. The van der Waals surface area contributed by atoms with Crippen LogP contribution in [0.3, 0.4) is 0 Å². The van der Waals surface area contributed by atoms with Crippen molar-refractivity contribution in [2.75, 3.05) is 6.54 Å². The Morgan fingerprint density at radius 2 is 1.72 bits per heavy atom. The highest BCUT2D eigenvalue weighted by molar-refractivity contribution is 7.89. The summed E-state index contributed by atoms with van der Waals surface area (Å²) in [5.74, 6) is -2.37. The average Bonchev–Trinajstić information content (AvgIpc) is 3.15. The Morgan fingerprint density at radius 3 is 2.28 bits per heavy atom. The predicted molar refractivity (Wildman–Crippen MR) is 89.9 cm³/mol. The highest BCUT2D eigenvalue weighted by atomic mass is 32.2. The molecule has 2 bridgehead atoms. The minimum absolute atomic E-state index is 0.000134. The average molecular weight is 364 g/mol. The van der Waals surface area contributed by atoms with Crippen LogP contribution in [0.25, 0.3) is 0 Å². The molecular weight excluding hydrogens is 344 g/mol. The number of amides is 1. The lowest BCUT2D eigenvalue weighted by Crippen LogP contribution is -2.40. The molecule has 0 heterocycles. The van der Waals surface area contributed by atoms with Crippen LogP contribution in [0.15, 0.2) is 41.3 Å². The topological polar surface area (TPSA) is 127 Å². The fourth-order valence-electron chi connectivity index (χ4n) is 3.81. The first-order chi connectivity index (χ1) is 11.8. The number of allylic oxidation sites excluding steroid dienone is 2. The first kappa shape index (κ1) is 17.6. The van der Waals surface area contributed by atoms with Gasteiger partial charge in [-0.2, -0.15) is 0 Å². The van der Waals surface area contributed by atoms with Gasteiger partial charge < -0.3 is 10.4 Å². The Balaban J connectivity index is 1.56. The number of nitrogens with one attached hydrogen (secondary N) is 1. The molecule has 8 heteroatoms. The zero-order valence-corrected chi connectivity index (χ0v) is 14.3. The van der Waals surface area contributed by atoms with Gasteiger partial charge in [-0.3, -0.25) is 9.59 Å². The van der Waals surface area contributed by atoms with E-state index in [0.717, 1.165) is 12.0 Å². The summed E-state index contributed by atoms with van der Waals surface area (Å²) in [7, 11) is -3.72. The van der Waals surface area contributed by atoms with Crippen molar-refractivity contribution >= 4 is 21.9 Å². The maximum Gasteiger partial charge on any atom is 0.307 e. The van der Waals surface area contributed by atoms with Crippen molar-refractivity contribution < 1.29 is 23.1 Å². The monoisotopic (exact) mass is 364 g/mol.